The van der Waals surface area contributed by atoms with Crippen LogP contribution in [-0.4, -0.2) is 0 Å². The molecule has 69 heavy (non-hydrogen) atoms. The van der Waals surface area contributed by atoms with Crippen molar-refractivity contribution in [3.05, 3.63) is 277 Å². The van der Waals surface area contributed by atoms with Gasteiger partial charge in [0.05, 0.1) is 15.8 Å². The van der Waals surface area contributed by atoms with Gasteiger partial charge in [0, 0.05) is 60.4 Å². The highest BCUT2D eigenvalue weighted by molar-refractivity contribution is 7.27. The lowest BCUT2D eigenvalue weighted by atomic mass is 9.66. The highest BCUT2D eigenvalue weighted by Crippen LogP contribution is 2.63. The molecule has 0 saturated heterocycles. The molecule has 0 N–H and O–H groups in total. The van der Waals surface area contributed by atoms with E-state index in [2.05, 4.69) is 265 Å². The molecular weight excluding hydrogens is 857 g/mol. The Hall–Kier alpha value is -8.70. The molecule has 4 heteroatoms. The van der Waals surface area contributed by atoms with Gasteiger partial charge in [-0.05, 0) is 124 Å². The van der Waals surface area contributed by atoms with Crippen molar-refractivity contribution in [2.45, 2.75) is 5.41 Å². The molecule has 1 aliphatic heterocycles. The SMILES string of the molecule is c1ccc(N(c2ccccc2)c2cccc(-c3cc4c5cccc(N(c6ccccc6)c6ccc7c(c6)-c6ccccc6C76c7ccccc7Oc7ccccc76)c5sc4c4ccccc34)c2)cc1. The predicted octanol–water partition coefficient (Wildman–Crippen LogP) is 18.3. The summed E-state index contributed by atoms with van der Waals surface area (Å²) in [4.78, 5) is 4.80. The molecule has 0 radical (unpaired) electrons. The zero-order chi connectivity index (χ0) is 45.5. The van der Waals surface area contributed by atoms with Crippen LogP contribution in [0.15, 0.2) is 255 Å². The Kier molecular flexibility index (Phi) is 8.98. The standard InChI is InChI=1S/C65H42N2OS/c1-4-21-44(22-5-1)66(45-23-6-2-7-24-45)47-27-18-20-43(40-47)53-42-55-52-31-19-35-60(64(52)69-63(55)51-30-11-10-28-49(51)53)67(46-25-8-3-9-26-46)48-38-39-57-54(41-48)50-29-12-13-32-56(50)65(57)58-33-14-16-36-61(58)68-62-37-17-15-34-59(62)65/h1-42H. The van der Waals surface area contributed by atoms with Gasteiger partial charge < -0.3 is 14.5 Å². The van der Waals surface area contributed by atoms with Crippen molar-refractivity contribution in [2.75, 3.05) is 9.80 Å². The second kappa shape index (κ2) is 15.7. The van der Waals surface area contributed by atoms with E-state index in [0.717, 1.165) is 45.6 Å². The Morgan fingerprint density at radius 1 is 0.304 bits per heavy atom. The highest BCUT2D eigenvalue weighted by Gasteiger charge is 2.51. The monoisotopic (exact) mass is 898 g/mol. The number of anilines is 6. The normalized spacial score (nSPS) is 12.9. The molecule has 2 aliphatic rings. The Balaban J connectivity index is 0.961. The minimum absolute atomic E-state index is 0.529. The second-order valence-corrected chi connectivity index (χ2v) is 19.0. The van der Waals surface area contributed by atoms with Gasteiger partial charge >= 0.3 is 0 Å². The zero-order valence-corrected chi connectivity index (χ0v) is 38.3. The van der Waals surface area contributed by atoms with Gasteiger partial charge in [-0.3, -0.25) is 0 Å². The van der Waals surface area contributed by atoms with E-state index in [1.807, 2.05) is 11.3 Å². The van der Waals surface area contributed by atoms with E-state index >= 15 is 0 Å². The van der Waals surface area contributed by atoms with Crippen molar-refractivity contribution in [1.82, 2.24) is 0 Å². The van der Waals surface area contributed by atoms with Crippen LogP contribution in [0.25, 0.3) is 53.2 Å². The molecule has 2 heterocycles. The van der Waals surface area contributed by atoms with Gasteiger partial charge in [-0.15, -0.1) is 11.3 Å². The number of thiophene rings is 1. The third kappa shape index (κ3) is 5.99. The maximum Gasteiger partial charge on any atom is 0.132 e. The number of hydrogen-bond donors (Lipinski definition) is 0. The van der Waals surface area contributed by atoms with E-state index in [1.165, 1.54) is 75.5 Å². The minimum Gasteiger partial charge on any atom is -0.457 e. The summed E-state index contributed by atoms with van der Waals surface area (Å²) in [6.45, 7) is 0. The summed E-state index contributed by atoms with van der Waals surface area (Å²) in [5.41, 5.74) is 15.9. The fourth-order valence-corrected chi connectivity index (χ4v) is 12.7. The average molecular weight is 899 g/mol. The largest absolute Gasteiger partial charge is 0.457 e. The fraction of sp³-hybridized carbons (Fsp3) is 0.0154. The first-order valence-electron chi connectivity index (χ1n) is 23.6. The van der Waals surface area contributed by atoms with E-state index < -0.39 is 5.41 Å². The van der Waals surface area contributed by atoms with Crippen LogP contribution in [0.1, 0.15) is 22.3 Å². The van der Waals surface area contributed by atoms with Crippen molar-refractivity contribution < 1.29 is 4.74 Å². The molecule has 324 valence electrons. The fourth-order valence-electron chi connectivity index (χ4n) is 11.4. The van der Waals surface area contributed by atoms with Crippen LogP contribution in [0.2, 0.25) is 0 Å². The molecule has 14 rings (SSSR count). The van der Waals surface area contributed by atoms with Gasteiger partial charge in [-0.25, -0.2) is 0 Å². The third-order valence-electron chi connectivity index (χ3n) is 14.3. The van der Waals surface area contributed by atoms with E-state index in [9.17, 15) is 0 Å². The summed E-state index contributed by atoms with van der Waals surface area (Å²) in [6, 6.07) is 92.7. The summed E-state index contributed by atoms with van der Waals surface area (Å²) in [7, 11) is 0. The number of ether oxygens (including phenoxy) is 1. The predicted molar refractivity (Wildman–Crippen MR) is 289 cm³/mol. The molecule has 0 amide bonds. The van der Waals surface area contributed by atoms with E-state index in [4.69, 9.17) is 4.74 Å². The van der Waals surface area contributed by atoms with Crippen LogP contribution >= 0.6 is 11.3 Å². The molecule has 1 aromatic heterocycles. The first-order valence-corrected chi connectivity index (χ1v) is 24.4. The minimum atomic E-state index is -0.529. The number of nitrogens with zero attached hydrogens (tertiary/aromatic N) is 2. The third-order valence-corrected chi connectivity index (χ3v) is 15.5. The topological polar surface area (TPSA) is 15.7 Å². The molecule has 0 atom stereocenters. The summed E-state index contributed by atoms with van der Waals surface area (Å²) >= 11 is 1.89. The van der Waals surface area contributed by atoms with Gasteiger partial charge in [-0.2, -0.15) is 0 Å². The Bertz CT molecular complexity index is 3870. The van der Waals surface area contributed by atoms with Crippen molar-refractivity contribution in [2.24, 2.45) is 0 Å². The molecule has 0 bridgehead atoms. The molecule has 1 aliphatic carbocycles. The van der Waals surface area contributed by atoms with Crippen LogP contribution in [-0.2, 0) is 5.41 Å². The number of rotatable bonds is 7. The number of fused-ring (bicyclic) bond motifs is 14. The number of benzene rings is 11. The quantitative estimate of drug-likeness (QED) is 0.159. The second-order valence-electron chi connectivity index (χ2n) is 17.9. The van der Waals surface area contributed by atoms with Crippen molar-refractivity contribution >= 4 is 76.4 Å². The Morgan fingerprint density at radius 3 is 1.51 bits per heavy atom. The molecule has 0 unspecified atom stereocenters. The van der Waals surface area contributed by atoms with Gasteiger partial charge in [0.25, 0.3) is 0 Å². The van der Waals surface area contributed by atoms with Crippen molar-refractivity contribution in [1.29, 1.82) is 0 Å². The van der Waals surface area contributed by atoms with Gasteiger partial charge in [0.1, 0.15) is 11.5 Å². The van der Waals surface area contributed by atoms with Gasteiger partial charge in [0.15, 0.2) is 0 Å². The van der Waals surface area contributed by atoms with E-state index in [-0.39, 0.29) is 0 Å². The van der Waals surface area contributed by atoms with Crippen LogP contribution in [0, 0.1) is 0 Å². The Labute approximate surface area is 405 Å². The van der Waals surface area contributed by atoms with E-state index in [1.54, 1.807) is 0 Å². The van der Waals surface area contributed by atoms with Crippen LogP contribution in [0.3, 0.4) is 0 Å². The molecule has 1 spiro atoms. The highest BCUT2D eigenvalue weighted by atomic mass is 32.1. The molecule has 0 saturated carbocycles. The number of hydrogen-bond acceptors (Lipinski definition) is 4. The number of para-hydroxylation sites is 5. The van der Waals surface area contributed by atoms with Crippen LogP contribution in [0.4, 0.5) is 34.1 Å². The maximum absolute atomic E-state index is 6.64. The van der Waals surface area contributed by atoms with Crippen molar-refractivity contribution in [3.63, 3.8) is 0 Å². The lowest BCUT2D eigenvalue weighted by Gasteiger charge is -2.39. The molecule has 0 fully saturated rings. The summed E-state index contributed by atoms with van der Waals surface area (Å²) in [6.07, 6.45) is 0. The summed E-state index contributed by atoms with van der Waals surface area (Å²) < 4.78 is 9.17. The van der Waals surface area contributed by atoms with Crippen LogP contribution < -0.4 is 14.5 Å². The smallest absolute Gasteiger partial charge is 0.132 e. The maximum atomic E-state index is 6.64. The first-order chi connectivity index (χ1) is 34.2. The first kappa shape index (κ1) is 39.5. The molecule has 11 aromatic carbocycles. The van der Waals surface area contributed by atoms with Crippen LogP contribution in [0.5, 0.6) is 11.5 Å². The Morgan fingerprint density at radius 2 is 0.812 bits per heavy atom. The lowest BCUT2D eigenvalue weighted by molar-refractivity contribution is 0.436. The zero-order valence-electron chi connectivity index (χ0n) is 37.5. The van der Waals surface area contributed by atoms with Gasteiger partial charge in [-0.1, -0.05) is 170 Å². The van der Waals surface area contributed by atoms with Crippen molar-refractivity contribution in [3.8, 4) is 33.8 Å². The average Bonchev–Trinajstić information content (AvgIpc) is 3.94. The molecular formula is C65H42N2OS. The van der Waals surface area contributed by atoms with E-state index in [0.29, 0.717) is 0 Å². The lowest BCUT2D eigenvalue weighted by Crippen LogP contribution is -2.32. The summed E-state index contributed by atoms with van der Waals surface area (Å²) in [5.74, 6) is 1.80. The molecule has 12 aromatic rings. The summed E-state index contributed by atoms with van der Waals surface area (Å²) in [5, 5.41) is 5.00. The van der Waals surface area contributed by atoms with Gasteiger partial charge in [0.2, 0.25) is 0 Å². The molecule has 3 nitrogen and oxygen atoms in total.